The predicted molar refractivity (Wildman–Crippen MR) is 232 cm³/mol. The molecule has 0 heterocycles. The fraction of sp³-hybridized carbons (Fsp3) is 0.417. The van der Waals surface area contributed by atoms with E-state index in [-0.39, 0.29) is 7.35 Å². The van der Waals surface area contributed by atoms with Crippen LogP contribution in [-0.4, -0.2) is 5.98 Å². The van der Waals surface area contributed by atoms with E-state index >= 15 is 0 Å². The molecule has 275 valence electrons. The van der Waals surface area contributed by atoms with Crippen molar-refractivity contribution in [2.75, 3.05) is 0 Å². The molecule has 0 aromatic heterocycles. The fourth-order valence-electron chi connectivity index (χ4n) is 9.63. The van der Waals surface area contributed by atoms with Crippen molar-refractivity contribution in [2.45, 2.75) is 102 Å². The summed E-state index contributed by atoms with van der Waals surface area (Å²) in [6.07, 6.45) is 9.27. The van der Waals surface area contributed by atoms with Crippen LogP contribution in [0, 0.1) is 23.7 Å². The Morgan fingerprint density at radius 3 is 1.17 bits per heavy atom. The van der Waals surface area contributed by atoms with Crippen molar-refractivity contribution < 1.29 is 15.3 Å². The number of allylic oxidation sites excluding steroid dienone is 2. The van der Waals surface area contributed by atoms with Crippen molar-refractivity contribution in [3.8, 4) is 22.3 Å². The molecule has 0 fully saturated rings. The molecule has 0 N–H and O–H groups in total. The second kappa shape index (κ2) is 15.6. The molecule has 52 heavy (non-hydrogen) atoms. The van der Waals surface area contributed by atoms with Gasteiger partial charge in [0.2, 0.25) is 0 Å². The second-order valence-electron chi connectivity index (χ2n) is 18.0. The minimum absolute atomic E-state index is 0.102. The van der Waals surface area contributed by atoms with Gasteiger partial charge in [0.15, 0.2) is 0 Å². The maximum atomic E-state index is 8.92. The van der Waals surface area contributed by atoms with E-state index in [9.17, 15) is 0 Å². The molecule has 0 amide bonds. The number of rotatable bonds is 13. The summed E-state index contributed by atoms with van der Waals surface area (Å²) in [7, 11) is 17.8. The summed E-state index contributed by atoms with van der Waals surface area (Å²) < 4.78 is 0.204. The van der Waals surface area contributed by atoms with Crippen LogP contribution in [0.25, 0.3) is 34.4 Å². The van der Waals surface area contributed by atoms with Crippen LogP contribution in [0.5, 0.6) is 0 Å². The molecule has 6 rings (SSSR count). The summed E-state index contributed by atoms with van der Waals surface area (Å²) in [5.74, 6) is 0.504. The Bertz CT molecular complexity index is 1860. The number of fused-ring (bicyclic) bond motifs is 2. The second-order valence-corrected chi connectivity index (χ2v) is 77.3. The van der Waals surface area contributed by atoms with Gasteiger partial charge in [-0.3, -0.25) is 0 Å². The van der Waals surface area contributed by atoms with Crippen LogP contribution in [-0.2, 0) is 28.1 Å². The molecule has 0 radical (unpaired) electrons. The molecule has 0 spiro atoms. The zero-order valence-corrected chi connectivity index (χ0v) is 39.6. The SMILES string of the molecule is CC(C)CC1=Cc2c(-c3ccccc3CC(C)C)cccc2[CH]1[Hf]([Cl])([Cl])([CH]1C(CC(C)C)=Cc2c(-c3ccccc3CC(C)C)cccc21)[SiH](C)C. The Morgan fingerprint density at radius 2 is 0.827 bits per heavy atom. The summed E-state index contributed by atoms with van der Waals surface area (Å²) in [5.41, 5.74) is 16.7. The molecule has 2 aliphatic rings. The van der Waals surface area contributed by atoms with Gasteiger partial charge in [-0.05, 0) is 0 Å². The first-order valence-electron chi connectivity index (χ1n) is 20.0. The summed E-state index contributed by atoms with van der Waals surface area (Å²) >= 11 is -5.11. The van der Waals surface area contributed by atoms with Gasteiger partial charge in [0.05, 0.1) is 0 Å². The normalized spacial score (nSPS) is 17.9. The number of hydrogen-bond donors (Lipinski definition) is 0. The zero-order chi connectivity index (χ0) is 37.6. The van der Waals surface area contributed by atoms with Crippen molar-refractivity contribution >= 4 is 35.3 Å². The van der Waals surface area contributed by atoms with Gasteiger partial charge in [0, 0.05) is 0 Å². The molecule has 4 aromatic rings. The third kappa shape index (κ3) is 7.37. The summed E-state index contributed by atoms with van der Waals surface area (Å²) in [6, 6.07) is 32.2. The van der Waals surface area contributed by atoms with Gasteiger partial charge in [-0.2, -0.15) is 0 Å². The molecule has 0 bridgehead atoms. The summed E-state index contributed by atoms with van der Waals surface area (Å²) in [5, 5.41) is 0. The molecular formula is C48H61Cl2HfSi. The molecule has 0 aliphatic heterocycles. The minimum atomic E-state index is -5.11. The molecule has 4 heteroatoms. The molecular weight excluding hydrogens is 854 g/mol. The quantitative estimate of drug-likeness (QED) is 0.117. The van der Waals surface area contributed by atoms with Crippen molar-refractivity contribution in [2.24, 2.45) is 23.7 Å². The topological polar surface area (TPSA) is 0 Å². The third-order valence-corrected chi connectivity index (χ3v) is 84.5. The van der Waals surface area contributed by atoms with E-state index < -0.39 is 21.3 Å². The van der Waals surface area contributed by atoms with Crippen LogP contribution in [0.3, 0.4) is 0 Å². The average Bonchev–Trinajstić information content (AvgIpc) is 3.63. The first-order valence-corrected chi connectivity index (χ1v) is 42.2. The maximum absolute atomic E-state index is 8.92. The Labute approximate surface area is 325 Å². The number of benzene rings is 4. The van der Waals surface area contributed by atoms with E-state index in [2.05, 4.69) is 166 Å². The molecule has 4 aromatic carbocycles. The van der Waals surface area contributed by atoms with E-state index in [1.54, 1.807) is 0 Å². The first kappa shape index (κ1) is 39.7. The summed E-state index contributed by atoms with van der Waals surface area (Å²) in [6.45, 7) is 23.7. The molecule has 2 atom stereocenters. The fourth-order valence-corrected chi connectivity index (χ4v) is 54.0. The van der Waals surface area contributed by atoms with Crippen LogP contribution in [0.15, 0.2) is 96.1 Å². The van der Waals surface area contributed by atoms with Crippen LogP contribution >= 0.6 is 17.2 Å². The predicted octanol–water partition coefficient (Wildman–Crippen LogP) is 15.1. The standard InChI is InChI=1S/2C23H27.C2H7Si.2ClH.Hf/c2*1-16(2)12-18-14-20-9-7-11-22(23(20)15-18)21-10-6-5-8-19(21)13-17(3)4;1-3-2;;;/h2*5-11,14-17H,12-13H2,1-4H3;3H,1-2H3;2*1H;/q;;;;;+2/p-2. The summed E-state index contributed by atoms with van der Waals surface area (Å²) in [4.78, 5) is 0. The van der Waals surface area contributed by atoms with Gasteiger partial charge >= 0.3 is 327 Å². The number of halogens is 2. The van der Waals surface area contributed by atoms with Gasteiger partial charge in [0.25, 0.3) is 0 Å². The van der Waals surface area contributed by atoms with E-state index in [1.165, 1.54) is 66.8 Å². The Kier molecular flexibility index (Phi) is 11.9. The molecule has 2 aliphatic carbocycles. The number of hydrogen-bond acceptors (Lipinski definition) is 0. The molecule has 2 unspecified atom stereocenters. The third-order valence-electron chi connectivity index (χ3n) is 11.7. The van der Waals surface area contributed by atoms with Gasteiger partial charge in [0.1, 0.15) is 0 Å². The Balaban J connectivity index is 1.61. The van der Waals surface area contributed by atoms with Crippen molar-refractivity contribution in [3.05, 3.63) is 129 Å². The Hall–Kier alpha value is -1.97. The Morgan fingerprint density at radius 1 is 0.481 bits per heavy atom. The van der Waals surface area contributed by atoms with Crippen LogP contribution in [0.2, 0.25) is 13.1 Å². The van der Waals surface area contributed by atoms with Gasteiger partial charge in [-0.1, -0.05) is 0 Å². The van der Waals surface area contributed by atoms with Crippen molar-refractivity contribution in [1.82, 2.24) is 0 Å². The van der Waals surface area contributed by atoms with Crippen molar-refractivity contribution in [1.29, 1.82) is 0 Å². The van der Waals surface area contributed by atoms with E-state index in [0.717, 1.165) is 25.7 Å². The van der Waals surface area contributed by atoms with Crippen LogP contribution in [0.4, 0.5) is 0 Å². The van der Waals surface area contributed by atoms with Gasteiger partial charge in [-0.15, -0.1) is 0 Å². The van der Waals surface area contributed by atoms with Crippen molar-refractivity contribution in [3.63, 3.8) is 0 Å². The zero-order valence-electron chi connectivity index (χ0n) is 33.4. The van der Waals surface area contributed by atoms with E-state index in [0.29, 0.717) is 23.7 Å². The molecule has 0 saturated carbocycles. The van der Waals surface area contributed by atoms with Crippen LogP contribution in [0.1, 0.15) is 109 Å². The van der Waals surface area contributed by atoms with Crippen LogP contribution < -0.4 is 0 Å². The molecule has 0 nitrogen and oxygen atoms in total. The monoisotopic (exact) mass is 915 g/mol. The van der Waals surface area contributed by atoms with Gasteiger partial charge in [-0.25, -0.2) is 0 Å². The average molecular weight is 915 g/mol. The van der Waals surface area contributed by atoms with Gasteiger partial charge < -0.3 is 0 Å². The molecule has 0 saturated heterocycles. The first-order chi connectivity index (χ1) is 24.6. The van der Waals surface area contributed by atoms with E-state index in [1.807, 2.05) is 0 Å². The van der Waals surface area contributed by atoms with E-state index in [4.69, 9.17) is 17.2 Å².